The molecule has 0 aliphatic carbocycles. The highest BCUT2D eigenvalue weighted by atomic mass is 35.5. The normalized spacial score (nSPS) is 21.0. The number of aromatic carboxylic acids is 1. The monoisotopic (exact) mass is 297 g/mol. The van der Waals surface area contributed by atoms with Gasteiger partial charge in [-0.2, -0.15) is 0 Å². The first-order valence-corrected chi connectivity index (χ1v) is 6.10. The number of aliphatic carboxylic acids is 1. The van der Waals surface area contributed by atoms with Gasteiger partial charge < -0.3 is 15.1 Å². The fourth-order valence-corrected chi connectivity index (χ4v) is 2.81. The molecule has 0 spiro atoms. The molecule has 0 aromatic heterocycles. The van der Waals surface area contributed by atoms with Gasteiger partial charge in [-0.3, -0.25) is 9.59 Å². The predicted molar refractivity (Wildman–Crippen MR) is 71.5 cm³/mol. The number of fused-ring (bicyclic) bond motifs is 1. The Morgan fingerprint density at radius 3 is 2.35 bits per heavy atom. The van der Waals surface area contributed by atoms with Crippen LogP contribution in [-0.4, -0.2) is 35.1 Å². The third kappa shape index (κ3) is 1.54. The highest BCUT2D eigenvalue weighted by Crippen LogP contribution is 2.46. The molecule has 1 aromatic rings. The van der Waals surface area contributed by atoms with Crippen LogP contribution in [0, 0.1) is 6.92 Å². The van der Waals surface area contributed by atoms with Crippen molar-refractivity contribution in [2.24, 2.45) is 0 Å². The Hall–Kier alpha value is -2.08. The zero-order valence-corrected chi connectivity index (χ0v) is 11.8. The van der Waals surface area contributed by atoms with Crippen molar-refractivity contribution in [3.63, 3.8) is 0 Å². The van der Waals surface area contributed by atoms with Crippen LogP contribution in [0.1, 0.15) is 28.4 Å². The summed E-state index contributed by atoms with van der Waals surface area (Å²) in [7, 11) is 1.41. The van der Waals surface area contributed by atoms with E-state index in [0.29, 0.717) is 5.56 Å². The molecule has 2 N–H and O–H groups in total. The molecule has 1 amide bonds. The largest absolute Gasteiger partial charge is 0.480 e. The Labute approximate surface area is 119 Å². The summed E-state index contributed by atoms with van der Waals surface area (Å²) in [6, 6.07) is 1.24. The predicted octanol–water partition coefficient (Wildman–Crippen LogP) is 1.67. The van der Waals surface area contributed by atoms with Crippen molar-refractivity contribution in [2.75, 3.05) is 11.9 Å². The van der Waals surface area contributed by atoms with E-state index >= 15 is 0 Å². The number of carbonyl (C=O) groups is 3. The molecule has 1 heterocycles. The zero-order valence-electron chi connectivity index (χ0n) is 11.0. The molecular weight excluding hydrogens is 286 g/mol. The van der Waals surface area contributed by atoms with E-state index in [-0.39, 0.29) is 21.8 Å². The van der Waals surface area contributed by atoms with Crippen LogP contribution in [0.5, 0.6) is 0 Å². The number of benzene rings is 1. The molecule has 20 heavy (non-hydrogen) atoms. The van der Waals surface area contributed by atoms with E-state index in [2.05, 4.69) is 0 Å². The fraction of sp³-hybridized carbons (Fsp3) is 0.308. The van der Waals surface area contributed by atoms with Crippen LogP contribution in [0.25, 0.3) is 0 Å². The second-order valence-electron chi connectivity index (χ2n) is 4.86. The molecule has 2 rings (SSSR count). The number of rotatable bonds is 2. The molecule has 1 aliphatic heterocycles. The highest BCUT2D eigenvalue weighted by molar-refractivity contribution is 6.35. The molecule has 0 bridgehead atoms. The lowest BCUT2D eigenvalue weighted by Crippen LogP contribution is -2.42. The second kappa shape index (κ2) is 4.21. The molecule has 1 aromatic carbocycles. The quantitative estimate of drug-likeness (QED) is 0.810. The van der Waals surface area contributed by atoms with Crippen LogP contribution in [0.2, 0.25) is 5.02 Å². The van der Waals surface area contributed by atoms with Crippen LogP contribution in [0.4, 0.5) is 5.69 Å². The Bertz CT molecular complexity index is 669. The topological polar surface area (TPSA) is 94.9 Å². The van der Waals surface area contributed by atoms with Crippen molar-refractivity contribution in [2.45, 2.75) is 19.3 Å². The molecule has 1 atom stereocenters. The minimum atomic E-state index is -1.76. The molecule has 106 valence electrons. The number of anilines is 1. The molecular formula is C13H12ClNO5. The molecule has 6 nitrogen and oxygen atoms in total. The van der Waals surface area contributed by atoms with E-state index in [1.165, 1.54) is 27.0 Å². The van der Waals surface area contributed by atoms with Crippen LogP contribution in [-0.2, 0) is 15.0 Å². The summed E-state index contributed by atoms with van der Waals surface area (Å²) in [5, 5.41) is 18.5. The van der Waals surface area contributed by atoms with Crippen LogP contribution >= 0.6 is 11.6 Å². The van der Waals surface area contributed by atoms with E-state index in [1.54, 1.807) is 0 Å². The van der Waals surface area contributed by atoms with Crippen LogP contribution in [0.15, 0.2) is 6.07 Å². The maximum atomic E-state index is 12.2. The van der Waals surface area contributed by atoms with Crippen LogP contribution in [0.3, 0.4) is 0 Å². The van der Waals surface area contributed by atoms with Gasteiger partial charge in [0.25, 0.3) is 0 Å². The van der Waals surface area contributed by atoms with Crippen LogP contribution < -0.4 is 4.90 Å². The van der Waals surface area contributed by atoms with Crippen molar-refractivity contribution in [1.82, 2.24) is 0 Å². The van der Waals surface area contributed by atoms with Gasteiger partial charge in [-0.15, -0.1) is 0 Å². The smallest absolute Gasteiger partial charge is 0.337 e. The Morgan fingerprint density at radius 1 is 1.35 bits per heavy atom. The third-order valence-corrected chi connectivity index (χ3v) is 4.22. The molecule has 0 radical (unpaired) electrons. The number of carboxylic acid groups (broad SMARTS) is 2. The van der Waals surface area contributed by atoms with E-state index in [1.807, 2.05) is 0 Å². The molecule has 1 unspecified atom stereocenters. The van der Waals surface area contributed by atoms with E-state index in [9.17, 15) is 19.5 Å². The van der Waals surface area contributed by atoms with Gasteiger partial charge >= 0.3 is 11.9 Å². The minimum Gasteiger partial charge on any atom is -0.480 e. The summed E-state index contributed by atoms with van der Waals surface area (Å²) in [5.74, 6) is -3.15. The summed E-state index contributed by atoms with van der Waals surface area (Å²) >= 11 is 6.00. The van der Waals surface area contributed by atoms with E-state index in [4.69, 9.17) is 16.7 Å². The molecule has 7 heteroatoms. The van der Waals surface area contributed by atoms with Gasteiger partial charge in [-0.1, -0.05) is 11.6 Å². The van der Waals surface area contributed by atoms with Crippen molar-refractivity contribution < 1.29 is 24.6 Å². The lowest BCUT2D eigenvalue weighted by atomic mass is 9.81. The number of hydrogen-bond donors (Lipinski definition) is 2. The van der Waals surface area contributed by atoms with Gasteiger partial charge in [-0.25, -0.2) is 4.79 Å². The first-order valence-electron chi connectivity index (χ1n) is 5.72. The SMILES string of the molecule is Cc1c(Cl)c(C(=O)O)cc2c1C(C)(C(=O)O)C(=O)N2C. The van der Waals surface area contributed by atoms with Crippen molar-refractivity contribution in [1.29, 1.82) is 0 Å². The summed E-state index contributed by atoms with van der Waals surface area (Å²) < 4.78 is 0. The molecule has 0 fully saturated rings. The Balaban J connectivity index is 2.89. The summed E-state index contributed by atoms with van der Waals surface area (Å²) in [5.41, 5.74) is -1.11. The van der Waals surface area contributed by atoms with Gasteiger partial charge in [0.15, 0.2) is 5.41 Å². The average molecular weight is 298 g/mol. The highest BCUT2D eigenvalue weighted by Gasteiger charge is 2.53. The summed E-state index contributed by atoms with van der Waals surface area (Å²) in [6.07, 6.45) is 0. The number of carbonyl (C=O) groups excluding carboxylic acids is 1. The van der Waals surface area contributed by atoms with E-state index in [0.717, 1.165) is 4.90 Å². The first kappa shape index (κ1) is 14.3. The molecule has 1 aliphatic rings. The first-order chi connectivity index (χ1) is 9.13. The van der Waals surface area contributed by atoms with Gasteiger partial charge in [0.05, 0.1) is 10.6 Å². The number of carboxylic acids is 2. The number of amides is 1. The lowest BCUT2D eigenvalue weighted by molar-refractivity contribution is -0.147. The van der Waals surface area contributed by atoms with Crippen molar-refractivity contribution in [3.8, 4) is 0 Å². The molecule has 0 saturated heterocycles. The minimum absolute atomic E-state index is 0.0492. The van der Waals surface area contributed by atoms with Gasteiger partial charge in [-0.05, 0) is 25.5 Å². The maximum absolute atomic E-state index is 12.2. The van der Waals surface area contributed by atoms with Crippen molar-refractivity contribution >= 4 is 35.1 Å². The van der Waals surface area contributed by atoms with E-state index < -0.39 is 23.3 Å². The van der Waals surface area contributed by atoms with Gasteiger partial charge in [0, 0.05) is 18.3 Å². The summed E-state index contributed by atoms with van der Waals surface area (Å²) in [6.45, 7) is 2.81. The van der Waals surface area contributed by atoms with Gasteiger partial charge in [0.1, 0.15) is 0 Å². The Kier molecular flexibility index (Phi) is 3.02. The van der Waals surface area contributed by atoms with Gasteiger partial charge in [0.2, 0.25) is 5.91 Å². The van der Waals surface area contributed by atoms with Crippen molar-refractivity contribution in [3.05, 3.63) is 27.8 Å². The number of hydrogen-bond acceptors (Lipinski definition) is 3. The standard InChI is InChI=1S/C13H12ClNO5/c1-5-8-7(4-6(9(5)14)10(16)17)15(3)11(18)13(8,2)12(19)20/h4H,1-3H3,(H,16,17)(H,19,20). The zero-order chi connectivity index (χ0) is 15.4. The Morgan fingerprint density at radius 2 is 1.90 bits per heavy atom. The fourth-order valence-electron chi connectivity index (χ4n) is 2.58. The summed E-state index contributed by atoms with van der Waals surface area (Å²) in [4.78, 5) is 36.0. The number of halogens is 1. The number of nitrogens with zero attached hydrogens (tertiary/aromatic N) is 1. The maximum Gasteiger partial charge on any atom is 0.337 e. The number of likely N-dealkylation sites (N-methyl/N-ethyl adjacent to an activating group) is 1. The average Bonchev–Trinajstić information content (AvgIpc) is 2.56. The lowest BCUT2D eigenvalue weighted by Gasteiger charge is -2.19. The second-order valence-corrected chi connectivity index (χ2v) is 5.23. The third-order valence-electron chi connectivity index (χ3n) is 3.73. The molecule has 0 saturated carbocycles.